The van der Waals surface area contributed by atoms with E-state index in [0.717, 1.165) is 19.3 Å². The summed E-state index contributed by atoms with van der Waals surface area (Å²) in [5.74, 6) is -0.726. The molecule has 8 nitrogen and oxygen atoms in total. The Labute approximate surface area is 251 Å². The molecule has 4 aromatic rings. The highest BCUT2D eigenvalue weighted by atomic mass is 19.4. The van der Waals surface area contributed by atoms with Crippen molar-refractivity contribution in [3.63, 3.8) is 0 Å². The van der Waals surface area contributed by atoms with E-state index in [1.807, 2.05) is 6.92 Å². The average Bonchev–Trinajstić information content (AvgIpc) is 3.35. The lowest BCUT2D eigenvalue weighted by molar-refractivity contribution is -0.115. The second kappa shape index (κ2) is 11.8. The smallest absolute Gasteiger partial charge is 0.405 e. The number of nitrogens with one attached hydrogen (secondary N) is 3. The van der Waals surface area contributed by atoms with Crippen molar-refractivity contribution in [3.05, 3.63) is 65.5 Å². The van der Waals surface area contributed by atoms with E-state index in [4.69, 9.17) is 9.15 Å². The van der Waals surface area contributed by atoms with Gasteiger partial charge < -0.3 is 25.1 Å². The molecule has 2 amide bonds. The first-order valence-electron chi connectivity index (χ1n) is 14.1. The van der Waals surface area contributed by atoms with Gasteiger partial charge in [0.05, 0.1) is 18.1 Å². The van der Waals surface area contributed by atoms with Gasteiger partial charge in [-0.2, -0.15) is 18.2 Å². The van der Waals surface area contributed by atoms with Gasteiger partial charge in [-0.25, -0.2) is 4.39 Å². The van der Waals surface area contributed by atoms with Crippen molar-refractivity contribution in [2.45, 2.75) is 44.8 Å². The Balaban J connectivity index is 1.67. The van der Waals surface area contributed by atoms with E-state index >= 15 is 0 Å². The van der Waals surface area contributed by atoms with Crippen LogP contribution in [0.2, 0.25) is 0 Å². The summed E-state index contributed by atoms with van der Waals surface area (Å²) in [4.78, 5) is 30.8. The summed E-state index contributed by atoms with van der Waals surface area (Å²) in [5, 5.41) is 8.15. The number of anilines is 1. The van der Waals surface area contributed by atoms with Gasteiger partial charge in [0.2, 0.25) is 5.71 Å². The van der Waals surface area contributed by atoms with E-state index < -0.39 is 24.4 Å². The van der Waals surface area contributed by atoms with Gasteiger partial charge in [0.15, 0.2) is 0 Å². The van der Waals surface area contributed by atoms with Crippen LogP contribution in [0.3, 0.4) is 0 Å². The third-order valence-electron chi connectivity index (χ3n) is 7.92. The summed E-state index contributed by atoms with van der Waals surface area (Å²) in [7, 11) is 2.81. The molecule has 0 bridgehead atoms. The molecule has 0 radical (unpaired) electrons. The summed E-state index contributed by atoms with van der Waals surface area (Å²) in [5.41, 5.74) is 0.639. The van der Waals surface area contributed by atoms with Gasteiger partial charge in [0.1, 0.15) is 29.7 Å². The van der Waals surface area contributed by atoms with Crippen molar-refractivity contribution in [2.24, 2.45) is 5.92 Å². The number of fused-ring (bicyclic) bond motifs is 1. The predicted octanol–water partition coefficient (Wildman–Crippen LogP) is 6.95. The van der Waals surface area contributed by atoms with Gasteiger partial charge in [-0.15, -0.1) is 0 Å². The lowest BCUT2D eigenvalue weighted by Gasteiger charge is -2.45. The summed E-state index contributed by atoms with van der Waals surface area (Å²) in [6, 6.07) is 11.3. The molecule has 0 spiro atoms. The van der Waals surface area contributed by atoms with Gasteiger partial charge in [0, 0.05) is 34.8 Å². The van der Waals surface area contributed by atoms with Gasteiger partial charge in [-0.05, 0) is 74.2 Å². The fourth-order valence-corrected chi connectivity index (χ4v) is 5.71. The molecule has 0 unspecified atom stereocenters. The molecular weight excluding hydrogens is 580 g/mol. The number of furan rings is 1. The SMILES string of the molecule is CCC1CC(C)(NC(=O)c2ccc(OC)c(-c3cc4c(C(=O)NC)c(-c5ccc(F)cc5)oc4nc3NCC(F)(F)F)c2)C1. The number of pyridine rings is 1. The van der Waals surface area contributed by atoms with Crippen LogP contribution in [0.15, 0.2) is 52.9 Å². The molecule has 232 valence electrons. The monoisotopic (exact) mass is 612 g/mol. The highest BCUT2D eigenvalue weighted by Crippen LogP contribution is 2.42. The zero-order valence-electron chi connectivity index (χ0n) is 24.6. The van der Waals surface area contributed by atoms with Crippen LogP contribution < -0.4 is 20.7 Å². The van der Waals surface area contributed by atoms with Gasteiger partial charge in [-0.1, -0.05) is 13.3 Å². The van der Waals surface area contributed by atoms with Gasteiger partial charge in [0.25, 0.3) is 11.8 Å². The normalized spacial score (nSPS) is 18.0. The molecule has 5 rings (SSSR count). The van der Waals surface area contributed by atoms with E-state index in [-0.39, 0.29) is 62.1 Å². The first-order valence-corrected chi connectivity index (χ1v) is 14.1. The number of hydrogen-bond donors (Lipinski definition) is 3. The Hall–Kier alpha value is -4.61. The number of carbonyl (C=O) groups is 2. The van der Waals surface area contributed by atoms with Crippen molar-refractivity contribution in [2.75, 3.05) is 26.0 Å². The Kier molecular flexibility index (Phi) is 8.28. The van der Waals surface area contributed by atoms with Gasteiger partial charge >= 0.3 is 6.18 Å². The molecular formula is C32H32F4N4O4. The quantitative estimate of drug-likeness (QED) is 0.177. The summed E-state index contributed by atoms with van der Waals surface area (Å²) in [6.07, 6.45) is -1.85. The highest BCUT2D eigenvalue weighted by molar-refractivity contribution is 6.12. The van der Waals surface area contributed by atoms with Crippen LogP contribution in [-0.2, 0) is 0 Å². The molecule has 0 aliphatic heterocycles. The minimum atomic E-state index is -4.58. The third kappa shape index (κ3) is 6.20. The maximum atomic E-state index is 13.7. The molecule has 3 N–H and O–H groups in total. The van der Waals surface area contributed by atoms with Crippen molar-refractivity contribution in [1.82, 2.24) is 15.6 Å². The molecule has 1 aliphatic carbocycles. The van der Waals surface area contributed by atoms with E-state index in [1.165, 1.54) is 50.6 Å². The lowest BCUT2D eigenvalue weighted by Crippen LogP contribution is -2.54. The summed E-state index contributed by atoms with van der Waals surface area (Å²) < 4.78 is 65.2. The van der Waals surface area contributed by atoms with E-state index in [9.17, 15) is 27.2 Å². The number of methoxy groups -OCH3 is 1. The summed E-state index contributed by atoms with van der Waals surface area (Å²) >= 11 is 0. The minimum absolute atomic E-state index is 0.0569. The maximum Gasteiger partial charge on any atom is 0.405 e. The predicted molar refractivity (Wildman–Crippen MR) is 158 cm³/mol. The Morgan fingerprint density at radius 2 is 1.77 bits per heavy atom. The van der Waals surface area contributed by atoms with Crippen molar-refractivity contribution in [1.29, 1.82) is 0 Å². The molecule has 1 aliphatic rings. The number of nitrogens with zero attached hydrogens (tertiary/aromatic N) is 1. The van der Waals surface area contributed by atoms with E-state index in [0.29, 0.717) is 11.5 Å². The molecule has 2 aromatic carbocycles. The summed E-state index contributed by atoms with van der Waals surface area (Å²) in [6.45, 7) is 2.68. The van der Waals surface area contributed by atoms with Crippen LogP contribution in [0.4, 0.5) is 23.4 Å². The van der Waals surface area contributed by atoms with Crippen LogP contribution in [0.1, 0.15) is 53.8 Å². The lowest BCUT2D eigenvalue weighted by atomic mass is 9.68. The first-order chi connectivity index (χ1) is 20.8. The van der Waals surface area contributed by atoms with Crippen LogP contribution in [-0.4, -0.2) is 49.2 Å². The van der Waals surface area contributed by atoms with E-state index in [2.05, 4.69) is 27.9 Å². The minimum Gasteiger partial charge on any atom is -0.496 e. The largest absolute Gasteiger partial charge is 0.496 e. The molecule has 44 heavy (non-hydrogen) atoms. The molecule has 12 heteroatoms. The van der Waals surface area contributed by atoms with Crippen LogP contribution in [0.5, 0.6) is 5.75 Å². The maximum absolute atomic E-state index is 13.7. The van der Waals surface area contributed by atoms with Crippen LogP contribution in [0, 0.1) is 11.7 Å². The van der Waals surface area contributed by atoms with Crippen LogP contribution in [0.25, 0.3) is 33.6 Å². The Morgan fingerprint density at radius 1 is 1.07 bits per heavy atom. The molecule has 2 aromatic heterocycles. The topological polar surface area (TPSA) is 105 Å². The fourth-order valence-electron chi connectivity index (χ4n) is 5.71. The average molecular weight is 613 g/mol. The van der Waals surface area contributed by atoms with Crippen LogP contribution >= 0.6 is 0 Å². The zero-order valence-corrected chi connectivity index (χ0v) is 24.6. The number of carbonyl (C=O) groups excluding carboxylic acids is 2. The second-order valence-electron chi connectivity index (χ2n) is 11.2. The number of halogens is 4. The number of aromatic nitrogens is 1. The van der Waals surface area contributed by atoms with Gasteiger partial charge in [-0.3, -0.25) is 9.59 Å². The highest BCUT2D eigenvalue weighted by Gasteiger charge is 2.40. The molecule has 0 atom stereocenters. The molecule has 1 fully saturated rings. The fraction of sp³-hybridized carbons (Fsp3) is 0.344. The molecule has 2 heterocycles. The number of rotatable bonds is 9. The van der Waals surface area contributed by atoms with Crippen molar-refractivity contribution in [3.8, 4) is 28.2 Å². The third-order valence-corrected chi connectivity index (χ3v) is 7.92. The van der Waals surface area contributed by atoms with Crippen molar-refractivity contribution >= 4 is 28.7 Å². The second-order valence-corrected chi connectivity index (χ2v) is 11.2. The molecule has 1 saturated carbocycles. The Morgan fingerprint density at radius 3 is 2.39 bits per heavy atom. The number of hydrogen-bond acceptors (Lipinski definition) is 6. The number of amides is 2. The first kappa shape index (κ1) is 30.8. The standard InChI is InChI=1S/C32H32F4N4O4/c1-5-17-14-31(2,15-17)40-28(41)19-8-11-24(43-4)21(12-19)22-13-23-25(29(42)37-3)26(18-6-9-20(33)10-7-18)44-30(23)39-27(22)38-16-32(34,35)36/h6-13,17H,5,14-16H2,1-4H3,(H,37,42)(H,38,39)(H,40,41). The Bertz CT molecular complexity index is 1710. The van der Waals surface area contributed by atoms with Crippen molar-refractivity contribution < 1.29 is 36.3 Å². The molecule has 0 saturated heterocycles. The number of benzene rings is 2. The number of alkyl halides is 3. The van der Waals surface area contributed by atoms with E-state index in [1.54, 1.807) is 12.1 Å². The zero-order chi connectivity index (χ0) is 31.8. The number of ether oxygens (including phenoxy) is 1.